The van der Waals surface area contributed by atoms with Crippen molar-refractivity contribution in [3.63, 3.8) is 0 Å². The summed E-state index contributed by atoms with van der Waals surface area (Å²) in [5.74, 6) is -2.06. The molecule has 3 aliphatic heterocycles. The fourth-order valence-corrected chi connectivity index (χ4v) is 5.68. The number of carbonyl (C=O) groups is 3. The molecule has 0 aliphatic carbocycles. The van der Waals surface area contributed by atoms with E-state index >= 15 is 0 Å². The molecular weight excluding hydrogens is 422 g/mol. The van der Waals surface area contributed by atoms with Gasteiger partial charge >= 0.3 is 0 Å². The number of fused-ring (bicyclic) bond motifs is 1. The largest absolute Gasteiger partial charge is 0.396 e. The third-order valence-electron chi connectivity index (χ3n) is 6.79. The van der Waals surface area contributed by atoms with E-state index in [1.165, 1.54) is 0 Å². The number of para-hydroxylation sites is 1. The number of nitrogens with one attached hydrogen (secondary N) is 2. The molecule has 1 aromatic rings. The van der Waals surface area contributed by atoms with Crippen molar-refractivity contribution in [1.82, 2.24) is 10.2 Å². The van der Waals surface area contributed by atoms with Crippen LogP contribution in [0.15, 0.2) is 24.3 Å². The molecule has 8 nitrogen and oxygen atoms in total. The first-order chi connectivity index (χ1) is 14.9. The maximum Gasteiger partial charge on any atom is 0.250 e. The van der Waals surface area contributed by atoms with Crippen LogP contribution in [-0.4, -0.2) is 65.7 Å². The predicted octanol–water partition coefficient (Wildman–Crippen LogP) is 1.56. The van der Waals surface area contributed by atoms with E-state index in [1.807, 2.05) is 0 Å². The zero-order valence-corrected chi connectivity index (χ0v) is 18.2. The molecule has 3 heterocycles. The van der Waals surface area contributed by atoms with Crippen molar-refractivity contribution in [2.45, 2.75) is 49.9 Å². The summed E-state index contributed by atoms with van der Waals surface area (Å²) in [7, 11) is 1.55. The van der Waals surface area contributed by atoms with Crippen LogP contribution in [0.25, 0.3) is 0 Å². The summed E-state index contributed by atoms with van der Waals surface area (Å²) in [5, 5.41) is 15.0. The van der Waals surface area contributed by atoms with Crippen LogP contribution in [0.5, 0.6) is 0 Å². The minimum absolute atomic E-state index is 0.0838. The molecule has 168 valence electrons. The van der Waals surface area contributed by atoms with Gasteiger partial charge in [-0.3, -0.25) is 14.4 Å². The van der Waals surface area contributed by atoms with Gasteiger partial charge < -0.3 is 25.4 Å². The first-order valence-electron chi connectivity index (χ1n) is 10.8. The van der Waals surface area contributed by atoms with Gasteiger partial charge in [0.25, 0.3) is 0 Å². The Bertz CT molecular complexity index is 880. The summed E-state index contributed by atoms with van der Waals surface area (Å²) in [6.45, 7) is 0.451. The van der Waals surface area contributed by atoms with E-state index in [4.69, 9.17) is 21.4 Å². The number of aliphatic hydroxyl groups excluding tert-OH is 1. The number of hydrogen-bond donors (Lipinski definition) is 3. The topological polar surface area (TPSA) is 108 Å². The lowest BCUT2D eigenvalue weighted by molar-refractivity contribution is -0.140. The van der Waals surface area contributed by atoms with Crippen LogP contribution in [-0.2, 0) is 19.1 Å². The van der Waals surface area contributed by atoms with E-state index in [0.29, 0.717) is 42.9 Å². The van der Waals surface area contributed by atoms with Crippen molar-refractivity contribution < 1.29 is 24.2 Å². The van der Waals surface area contributed by atoms with Crippen LogP contribution < -0.4 is 10.6 Å². The summed E-state index contributed by atoms with van der Waals surface area (Å²) < 4.78 is 6.29. The van der Waals surface area contributed by atoms with Gasteiger partial charge in [-0.2, -0.15) is 0 Å². The number of rotatable bonds is 8. The number of halogens is 1. The van der Waals surface area contributed by atoms with E-state index in [0.717, 1.165) is 6.42 Å². The minimum Gasteiger partial charge on any atom is -0.396 e. The van der Waals surface area contributed by atoms with Gasteiger partial charge in [0, 0.05) is 20.2 Å². The number of unbranched alkanes of at least 4 members (excludes halogenated alkanes) is 2. The molecular formula is C22H28ClN3O5. The average molecular weight is 450 g/mol. The van der Waals surface area contributed by atoms with Gasteiger partial charge in [0.05, 0.1) is 28.6 Å². The normalized spacial score (nSPS) is 31.1. The van der Waals surface area contributed by atoms with Gasteiger partial charge in [0.1, 0.15) is 11.6 Å². The zero-order chi connectivity index (χ0) is 22.2. The van der Waals surface area contributed by atoms with E-state index in [9.17, 15) is 14.4 Å². The van der Waals surface area contributed by atoms with Gasteiger partial charge in [-0.15, -0.1) is 0 Å². The SMILES string of the molecule is CNC(=O)[C@@H]1[C@@H]2CCC3(O2)C(C(=O)Nc2ccccc2Cl)N(CCCCCO)C(=O)[C@H]13. The molecule has 5 atom stereocenters. The van der Waals surface area contributed by atoms with E-state index in [2.05, 4.69) is 10.6 Å². The summed E-state index contributed by atoms with van der Waals surface area (Å²) in [6, 6.07) is 6.10. The summed E-state index contributed by atoms with van der Waals surface area (Å²) in [6.07, 6.45) is 2.84. The molecule has 2 bridgehead atoms. The smallest absolute Gasteiger partial charge is 0.250 e. The Morgan fingerprint density at radius 3 is 2.74 bits per heavy atom. The highest BCUT2D eigenvalue weighted by Crippen LogP contribution is 2.58. The van der Waals surface area contributed by atoms with Gasteiger partial charge in [0.2, 0.25) is 17.7 Å². The molecule has 4 rings (SSSR count). The number of benzene rings is 1. The number of ether oxygens (including phenoxy) is 1. The van der Waals surface area contributed by atoms with Crippen LogP contribution >= 0.6 is 11.6 Å². The summed E-state index contributed by atoms with van der Waals surface area (Å²) in [5.41, 5.74) is -0.543. The number of nitrogens with zero attached hydrogens (tertiary/aromatic N) is 1. The second kappa shape index (κ2) is 8.76. The van der Waals surface area contributed by atoms with Gasteiger partial charge in [-0.25, -0.2) is 0 Å². The summed E-state index contributed by atoms with van der Waals surface area (Å²) in [4.78, 5) is 41.2. The number of hydrogen-bond acceptors (Lipinski definition) is 5. The Hall–Kier alpha value is -2.16. The molecule has 0 saturated carbocycles. The highest BCUT2D eigenvalue weighted by molar-refractivity contribution is 6.33. The molecule has 1 aromatic carbocycles. The average Bonchev–Trinajstić information content (AvgIpc) is 3.40. The molecule has 31 heavy (non-hydrogen) atoms. The fourth-order valence-electron chi connectivity index (χ4n) is 5.50. The summed E-state index contributed by atoms with van der Waals surface area (Å²) >= 11 is 6.23. The molecule has 3 saturated heterocycles. The number of anilines is 1. The minimum atomic E-state index is -1.01. The molecule has 3 N–H and O–H groups in total. The maximum atomic E-state index is 13.5. The number of aliphatic hydroxyl groups is 1. The third kappa shape index (κ3) is 3.60. The van der Waals surface area contributed by atoms with E-state index < -0.39 is 23.5 Å². The molecule has 1 spiro atoms. The van der Waals surface area contributed by atoms with Crippen LogP contribution in [0.4, 0.5) is 5.69 Å². The van der Waals surface area contributed by atoms with Crippen LogP contribution in [0.1, 0.15) is 32.1 Å². The maximum absolute atomic E-state index is 13.5. The number of carbonyl (C=O) groups excluding carboxylic acids is 3. The zero-order valence-electron chi connectivity index (χ0n) is 17.5. The first-order valence-corrected chi connectivity index (χ1v) is 11.2. The van der Waals surface area contributed by atoms with Crippen LogP contribution in [0.2, 0.25) is 5.02 Å². The lowest BCUT2D eigenvalue weighted by atomic mass is 9.70. The fraction of sp³-hybridized carbons (Fsp3) is 0.591. The molecule has 3 amide bonds. The monoisotopic (exact) mass is 449 g/mol. The standard InChI is InChI=1S/C22H28ClN3O5/c1-24-19(28)16-15-9-10-22(31-15)17(16)21(30)26(11-5-2-6-12-27)18(22)20(29)25-14-8-4-3-7-13(14)23/h3-4,7-8,15-18,27H,2,5-6,9-12H2,1H3,(H,24,28)(H,25,29)/t15-,16+,17-,18?,22?/m0/s1. The Kier molecular flexibility index (Phi) is 6.23. The van der Waals surface area contributed by atoms with Crippen LogP contribution in [0.3, 0.4) is 0 Å². The number of amides is 3. The Morgan fingerprint density at radius 2 is 2.03 bits per heavy atom. The molecule has 2 unspecified atom stereocenters. The van der Waals surface area contributed by atoms with Gasteiger partial charge in [-0.05, 0) is 44.2 Å². The quantitative estimate of drug-likeness (QED) is 0.522. The Balaban J connectivity index is 1.65. The van der Waals surface area contributed by atoms with Crippen molar-refractivity contribution in [1.29, 1.82) is 0 Å². The third-order valence-corrected chi connectivity index (χ3v) is 7.12. The van der Waals surface area contributed by atoms with Crippen molar-refractivity contribution >= 4 is 35.0 Å². The predicted molar refractivity (Wildman–Crippen MR) is 114 cm³/mol. The highest BCUT2D eigenvalue weighted by Gasteiger charge is 2.74. The Labute approximate surface area is 186 Å². The van der Waals surface area contributed by atoms with Crippen LogP contribution in [0, 0.1) is 11.8 Å². The molecule has 0 aromatic heterocycles. The molecule has 0 radical (unpaired) electrons. The number of likely N-dealkylation sites (tertiary alicyclic amines) is 1. The molecule has 3 aliphatic rings. The van der Waals surface area contributed by atoms with Gasteiger partial charge in [-0.1, -0.05) is 23.7 Å². The highest BCUT2D eigenvalue weighted by atomic mass is 35.5. The second-order valence-corrected chi connectivity index (χ2v) is 8.86. The lowest BCUT2D eigenvalue weighted by Crippen LogP contribution is -2.53. The van der Waals surface area contributed by atoms with E-state index in [-0.39, 0.29) is 30.4 Å². The second-order valence-electron chi connectivity index (χ2n) is 8.46. The molecule has 3 fully saturated rings. The Morgan fingerprint density at radius 1 is 1.26 bits per heavy atom. The van der Waals surface area contributed by atoms with Crippen molar-refractivity contribution in [2.24, 2.45) is 11.8 Å². The molecule has 9 heteroatoms. The van der Waals surface area contributed by atoms with Crippen molar-refractivity contribution in [3.05, 3.63) is 29.3 Å². The lowest BCUT2D eigenvalue weighted by Gasteiger charge is -2.33. The van der Waals surface area contributed by atoms with E-state index in [1.54, 1.807) is 36.2 Å². The van der Waals surface area contributed by atoms with Gasteiger partial charge in [0.15, 0.2) is 0 Å². The van der Waals surface area contributed by atoms with Crippen molar-refractivity contribution in [2.75, 3.05) is 25.5 Å². The first kappa shape index (κ1) is 22.0. The van der Waals surface area contributed by atoms with Crippen molar-refractivity contribution in [3.8, 4) is 0 Å².